The SMILES string of the molecule is Cc1cc(=O)oc2cc(NC(=O)[C@H](CCCCNC(=O)C(F)(F)F)NC(=O)C(Cc3ccccc3)NC(=O)OCc3ccccc3)ccc12. The zero-order valence-electron chi connectivity index (χ0n) is 26.5. The van der Waals surface area contributed by atoms with Gasteiger partial charge in [0.2, 0.25) is 11.8 Å². The van der Waals surface area contributed by atoms with Crippen LogP contribution < -0.4 is 26.9 Å². The number of benzene rings is 3. The molecule has 1 unspecified atom stereocenters. The number of hydrogen-bond acceptors (Lipinski definition) is 7. The van der Waals surface area contributed by atoms with E-state index < -0.39 is 47.7 Å². The minimum atomic E-state index is -5.03. The van der Waals surface area contributed by atoms with E-state index in [1.807, 2.05) is 6.07 Å². The number of ether oxygens (including phenoxy) is 1. The minimum absolute atomic E-state index is 0.0300. The Labute approximate surface area is 279 Å². The van der Waals surface area contributed by atoms with Crippen LogP contribution in [0.25, 0.3) is 11.0 Å². The van der Waals surface area contributed by atoms with E-state index in [9.17, 15) is 37.1 Å². The van der Waals surface area contributed by atoms with Crippen LogP contribution in [0.3, 0.4) is 0 Å². The summed E-state index contributed by atoms with van der Waals surface area (Å²) in [6.07, 6.45) is -5.67. The summed E-state index contributed by atoms with van der Waals surface area (Å²) >= 11 is 0. The monoisotopic (exact) mass is 680 g/mol. The van der Waals surface area contributed by atoms with Gasteiger partial charge in [-0.2, -0.15) is 13.2 Å². The van der Waals surface area contributed by atoms with Crippen molar-refractivity contribution in [1.82, 2.24) is 16.0 Å². The summed E-state index contributed by atoms with van der Waals surface area (Å²) in [7, 11) is 0. The van der Waals surface area contributed by atoms with Crippen LogP contribution in [0.4, 0.5) is 23.7 Å². The molecule has 4 rings (SSSR count). The number of fused-ring (bicyclic) bond motifs is 1. The third-order valence-electron chi connectivity index (χ3n) is 7.42. The van der Waals surface area contributed by atoms with Gasteiger partial charge >= 0.3 is 23.8 Å². The number of alkyl carbamates (subject to hydrolysis) is 1. The summed E-state index contributed by atoms with van der Waals surface area (Å²) in [6.45, 7) is 1.38. The van der Waals surface area contributed by atoms with Gasteiger partial charge in [0.1, 0.15) is 24.3 Å². The van der Waals surface area contributed by atoms with Crippen molar-refractivity contribution in [3.63, 3.8) is 0 Å². The lowest BCUT2D eigenvalue weighted by Gasteiger charge is -2.23. The molecule has 11 nitrogen and oxygen atoms in total. The Bertz CT molecular complexity index is 1820. The summed E-state index contributed by atoms with van der Waals surface area (Å²) in [5.41, 5.74) is 2.02. The van der Waals surface area contributed by atoms with Gasteiger partial charge in [-0.3, -0.25) is 14.4 Å². The molecule has 49 heavy (non-hydrogen) atoms. The molecule has 0 radical (unpaired) electrons. The average molecular weight is 681 g/mol. The highest BCUT2D eigenvalue weighted by Gasteiger charge is 2.38. The average Bonchev–Trinajstić information content (AvgIpc) is 3.06. The number of hydrogen-bond donors (Lipinski definition) is 4. The zero-order chi connectivity index (χ0) is 35.4. The third-order valence-corrected chi connectivity index (χ3v) is 7.42. The van der Waals surface area contributed by atoms with Crippen LogP contribution in [0, 0.1) is 6.92 Å². The molecule has 0 aliphatic carbocycles. The van der Waals surface area contributed by atoms with Crippen LogP contribution >= 0.6 is 0 Å². The molecule has 1 heterocycles. The Hall–Kier alpha value is -5.66. The molecular weight excluding hydrogens is 645 g/mol. The molecule has 0 fully saturated rings. The summed E-state index contributed by atoms with van der Waals surface area (Å²) in [5, 5.41) is 10.3. The summed E-state index contributed by atoms with van der Waals surface area (Å²) < 4.78 is 48.3. The van der Waals surface area contributed by atoms with Crippen molar-refractivity contribution >= 4 is 40.5 Å². The Morgan fingerprint density at radius 2 is 1.49 bits per heavy atom. The van der Waals surface area contributed by atoms with Gasteiger partial charge in [-0.25, -0.2) is 9.59 Å². The molecule has 4 amide bonds. The third kappa shape index (κ3) is 11.2. The predicted octanol–water partition coefficient (Wildman–Crippen LogP) is 4.91. The Kier molecular flexibility index (Phi) is 12.5. The number of rotatable bonds is 14. The maximum Gasteiger partial charge on any atom is 0.471 e. The number of halogens is 3. The van der Waals surface area contributed by atoms with Crippen LogP contribution in [0.5, 0.6) is 0 Å². The Morgan fingerprint density at radius 3 is 2.16 bits per heavy atom. The number of carbonyl (C=O) groups is 4. The lowest BCUT2D eigenvalue weighted by atomic mass is 10.0. The number of aryl methyl sites for hydroxylation is 1. The molecule has 0 saturated carbocycles. The minimum Gasteiger partial charge on any atom is -0.445 e. The first-order valence-corrected chi connectivity index (χ1v) is 15.4. The van der Waals surface area contributed by atoms with Crippen LogP contribution in [-0.4, -0.2) is 48.6 Å². The van der Waals surface area contributed by atoms with Crippen LogP contribution in [0.1, 0.15) is 36.0 Å². The van der Waals surface area contributed by atoms with Crippen molar-refractivity contribution in [2.24, 2.45) is 0 Å². The van der Waals surface area contributed by atoms with Crippen molar-refractivity contribution in [3.8, 4) is 0 Å². The van der Waals surface area contributed by atoms with Crippen molar-refractivity contribution in [1.29, 1.82) is 0 Å². The fourth-order valence-electron chi connectivity index (χ4n) is 4.91. The summed E-state index contributed by atoms with van der Waals surface area (Å²) in [6, 6.07) is 21.4. The van der Waals surface area contributed by atoms with E-state index in [2.05, 4.69) is 16.0 Å². The van der Waals surface area contributed by atoms with Gasteiger partial charge in [-0.1, -0.05) is 60.7 Å². The smallest absolute Gasteiger partial charge is 0.445 e. The van der Waals surface area contributed by atoms with Gasteiger partial charge in [0, 0.05) is 36.2 Å². The van der Waals surface area contributed by atoms with Crippen LogP contribution in [0.15, 0.2) is 94.1 Å². The molecule has 0 spiro atoms. The number of nitrogens with one attached hydrogen (secondary N) is 4. The van der Waals surface area contributed by atoms with Crippen LogP contribution in [-0.2, 0) is 32.1 Å². The van der Waals surface area contributed by atoms with Crippen molar-refractivity contribution < 1.29 is 41.5 Å². The highest BCUT2D eigenvalue weighted by molar-refractivity contribution is 5.99. The molecule has 14 heteroatoms. The van der Waals surface area contributed by atoms with E-state index >= 15 is 0 Å². The fraction of sp³-hybridized carbons (Fsp3) is 0.286. The molecule has 258 valence electrons. The van der Waals surface area contributed by atoms with Crippen LogP contribution in [0.2, 0.25) is 0 Å². The van der Waals surface area contributed by atoms with Crippen molar-refractivity contribution in [3.05, 3.63) is 112 Å². The number of alkyl halides is 3. The van der Waals surface area contributed by atoms with E-state index in [4.69, 9.17) is 9.15 Å². The summed E-state index contributed by atoms with van der Waals surface area (Å²) in [5.74, 6) is -3.47. The van der Waals surface area contributed by atoms with E-state index in [0.717, 1.165) is 5.56 Å². The Morgan fingerprint density at radius 1 is 0.816 bits per heavy atom. The van der Waals surface area contributed by atoms with Crippen molar-refractivity contribution in [2.75, 3.05) is 11.9 Å². The molecule has 0 aliphatic heterocycles. The van der Waals surface area contributed by atoms with E-state index in [1.54, 1.807) is 79.0 Å². The first-order valence-electron chi connectivity index (χ1n) is 15.4. The molecule has 2 atom stereocenters. The predicted molar refractivity (Wildman–Crippen MR) is 174 cm³/mol. The maximum absolute atomic E-state index is 13.7. The molecule has 4 aromatic rings. The molecule has 0 aliphatic rings. The topological polar surface area (TPSA) is 156 Å². The van der Waals surface area contributed by atoms with Gasteiger partial charge in [-0.05, 0) is 55.0 Å². The zero-order valence-corrected chi connectivity index (χ0v) is 26.5. The number of amides is 4. The highest BCUT2D eigenvalue weighted by atomic mass is 19.4. The molecular formula is C35H35F3N4O7. The van der Waals surface area contributed by atoms with E-state index in [0.29, 0.717) is 16.5 Å². The molecule has 0 saturated heterocycles. The van der Waals surface area contributed by atoms with Gasteiger partial charge in [-0.15, -0.1) is 0 Å². The quantitative estimate of drug-likeness (QED) is 0.109. The van der Waals surface area contributed by atoms with Gasteiger partial charge in [0.15, 0.2) is 0 Å². The second-order valence-corrected chi connectivity index (χ2v) is 11.2. The number of carbonyl (C=O) groups excluding carboxylic acids is 4. The maximum atomic E-state index is 13.7. The van der Waals surface area contributed by atoms with Gasteiger partial charge in [0.25, 0.3) is 0 Å². The number of unbranched alkanes of at least 4 members (excludes halogenated alkanes) is 1. The second kappa shape index (κ2) is 16.9. The molecule has 3 aromatic carbocycles. The normalized spacial score (nSPS) is 12.4. The fourth-order valence-corrected chi connectivity index (χ4v) is 4.91. The molecule has 4 N–H and O–H groups in total. The first kappa shape index (κ1) is 36.2. The lowest BCUT2D eigenvalue weighted by Crippen LogP contribution is -2.53. The van der Waals surface area contributed by atoms with Gasteiger partial charge < -0.3 is 30.4 Å². The van der Waals surface area contributed by atoms with Crippen molar-refractivity contribution in [2.45, 2.75) is 57.5 Å². The first-order chi connectivity index (χ1) is 23.4. The summed E-state index contributed by atoms with van der Waals surface area (Å²) in [4.78, 5) is 63.0. The highest BCUT2D eigenvalue weighted by Crippen LogP contribution is 2.21. The molecule has 0 bridgehead atoms. The Balaban J connectivity index is 1.49. The number of anilines is 1. The lowest BCUT2D eigenvalue weighted by molar-refractivity contribution is -0.173. The molecule has 1 aromatic heterocycles. The van der Waals surface area contributed by atoms with E-state index in [1.165, 1.54) is 12.1 Å². The second-order valence-electron chi connectivity index (χ2n) is 11.2. The van der Waals surface area contributed by atoms with E-state index in [-0.39, 0.29) is 50.1 Å². The standard InChI is InChI=1S/C35H35F3N4O7/c1-22-18-30(43)49-29-20-25(15-16-26(22)29)40-31(44)27(14-8-9-17-39-33(46)35(36,37)38)41-32(45)28(19-23-10-4-2-5-11-23)42-34(47)48-21-24-12-6-3-7-13-24/h2-7,10-13,15-16,18,20,27-28H,8-9,14,17,19,21H2,1H3,(H,39,46)(H,40,44)(H,41,45)(H,42,47)/t27-,28?/m0/s1. The van der Waals surface area contributed by atoms with Gasteiger partial charge in [0.05, 0.1) is 0 Å². The largest absolute Gasteiger partial charge is 0.471 e.